The fraction of sp³-hybridized carbons (Fsp3) is 0.143. The van der Waals surface area contributed by atoms with E-state index < -0.39 is 11.7 Å². The Labute approximate surface area is 124 Å². The van der Waals surface area contributed by atoms with Crippen LogP contribution in [0.25, 0.3) is 0 Å². The number of anilines is 1. The third-order valence-electron chi connectivity index (χ3n) is 2.44. The van der Waals surface area contributed by atoms with Gasteiger partial charge in [0.05, 0.1) is 18.2 Å². The standard InChI is InChI=1S/C14H11FN2O3S/c1-20-11-6-2-5-10(15)12(11)13(19)17-14-16-8-9(21-14)4-3-7-18/h2,5-6,8,18H,7H2,1H3,(H,16,17,19). The van der Waals surface area contributed by atoms with Gasteiger partial charge in [0, 0.05) is 0 Å². The lowest BCUT2D eigenvalue weighted by molar-refractivity contribution is 0.102. The number of aromatic nitrogens is 1. The molecule has 2 rings (SSSR count). The fourth-order valence-corrected chi connectivity index (χ4v) is 2.26. The molecule has 0 spiro atoms. The topological polar surface area (TPSA) is 71.5 Å². The van der Waals surface area contributed by atoms with Crippen molar-refractivity contribution in [2.45, 2.75) is 0 Å². The molecule has 0 unspecified atom stereocenters. The number of amides is 1. The van der Waals surface area contributed by atoms with Crippen molar-refractivity contribution in [1.82, 2.24) is 4.98 Å². The number of carbonyl (C=O) groups excluding carboxylic acids is 1. The molecule has 5 nitrogen and oxygen atoms in total. The summed E-state index contributed by atoms with van der Waals surface area (Å²) in [7, 11) is 1.36. The van der Waals surface area contributed by atoms with Crippen LogP contribution in [0, 0.1) is 17.7 Å². The van der Waals surface area contributed by atoms with Crippen molar-refractivity contribution >= 4 is 22.4 Å². The Morgan fingerprint density at radius 1 is 1.57 bits per heavy atom. The summed E-state index contributed by atoms with van der Waals surface area (Å²) in [6.07, 6.45) is 1.46. The maximum Gasteiger partial charge on any atom is 0.264 e. The second kappa shape index (κ2) is 6.83. The van der Waals surface area contributed by atoms with E-state index in [1.54, 1.807) is 0 Å². The number of nitrogens with one attached hydrogen (secondary N) is 1. The van der Waals surface area contributed by atoms with Crippen LogP contribution in [-0.2, 0) is 0 Å². The Hall–Kier alpha value is -2.43. The van der Waals surface area contributed by atoms with Gasteiger partial charge in [0.25, 0.3) is 5.91 Å². The van der Waals surface area contributed by atoms with Crippen molar-refractivity contribution in [3.8, 4) is 17.6 Å². The number of hydrogen-bond acceptors (Lipinski definition) is 5. The van der Waals surface area contributed by atoms with Gasteiger partial charge in [0.15, 0.2) is 5.13 Å². The van der Waals surface area contributed by atoms with Gasteiger partial charge in [-0.3, -0.25) is 10.1 Å². The highest BCUT2D eigenvalue weighted by atomic mass is 32.1. The van der Waals surface area contributed by atoms with Crippen LogP contribution >= 0.6 is 11.3 Å². The molecule has 7 heteroatoms. The van der Waals surface area contributed by atoms with Gasteiger partial charge >= 0.3 is 0 Å². The number of rotatable bonds is 3. The molecule has 0 bridgehead atoms. The minimum atomic E-state index is -0.677. The van der Waals surface area contributed by atoms with Gasteiger partial charge in [0.1, 0.15) is 23.7 Å². The van der Waals surface area contributed by atoms with Crippen LogP contribution in [0.4, 0.5) is 9.52 Å². The quantitative estimate of drug-likeness (QED) is 0.850. The first-order valence-corrected chi connectivity index (χ1v) is 6.66. The summed E-state index contributed by atoms with van der Waals surface area (Å²) in [5.74, 6) is 3.96. The van der Waals surface area contributed by atoms with Gasteiger partial charge in [-0.2, -0.15) is 0 Å². The summed E-state index contributed by atoms with van der Waals surface area (Å²) in [5.41, 5.74) is -0.182. The molecule has 2 aromatic rings. The number of halogens is 1. The van der Waals surface area contributed by atoms with Gasteiger partial charge in [-0.05, 0) is 12.1 Å². The van der Waals surface area contributed by atoms with Crippen molar-refractivity contribution in [1.29, 1.82) is 0 Å². The second-order valence-electron chi connectivity index (χ2n) is 3.76. The summed E-state index contributed by atoms with van der Waals surface area (Å²) in [5, 5.41) is 11.4. The number of benzene rings is 1. The number of hydrogen-bond donors (Lipinski definition) is 2. The highest BCUT2D eigenvalue weighted by molar-refractivity contribution is 7.16. The number of carbonyl (C=O) groups is 1. The summed E-state index contributed by atoms with van der Waals surface area (Å²) >= 11 is 1.12. The molecule has 21 heavy (non-hydrogen) atoms. The number of methoxy groups -OCH3 is 1. The van der Waals surface area contributed by atoms with Crippen LogP contribution in [-0.4, -0.2) is 29.7 Å². The molecule has 0 atom stereocenters. The van der Waals surface area contributed by atoms with E-state index in [-0.39, 0.29) is 23.1 Å². The lowest BCUT2D eigenvalue weighted by Gasteiger charge is -2.08. The minimum Gasteiger partial charge on any atom is -0.496 e. The van der Waals surface area contributed by atoms with E-state index >= 15 is 0 Å². The molecule has 0 saturated carbocycles. The predicted molar refractivity (Wildman–Crippen MR) is 77.0 cm³/mol. The summed E-state index contributed by atoms with van der Waals surface area (Å²) in [6.45, 7) is -0.258. The number of aliphatic hydroxyl groups is 1. The van der Waals surface area contributed by atoms with Gasteiger partial charge in [-0.25, -0.2) is 9.37 Å². The summed E-state index contributed by atoms with van der Waals surface area (Å²) < 4.78 is 18.7. The predicted octanol–water partition coefficient (Wildman–Crippen LogP) is 1.89. The monoisotopic (exact) mass is 306 g/mol. The molecule has 0 aliphatic carbocycles. The molecule has 108 valence electrons. The Bertz CT molecular complexity index is 718. The average molecular weight is 306 g/mol. The molecule has 2 N–H and O–H groups in total. The lowest BCUT2D eigenvalue weighted by atomic mass is 10.2. The lowest BCUT2D eigenvalue weighted by Crippen LogP contribution is -2.14. The Balaban J connectivity index is 2.20. The molecule has 1 amide bonds. The van der Waals surface area contributed by atoms with Gasteiger partial charge in [-0.1, -0.05) is 29.2 Å². The zero-order chi connectivity index (χ0) is 15.2. The Morgan fingerprint density at radius 3 is 3.10 bits per heavy atom. The Morgan fingerprint density at radius 2 is 2.38 bits per heavy atom. The van der Waals surface area contributed by atoms with Crippen LogP contribution < -0.4 is 10.1 Å². The molecule has 1 aromatic carbocycles. The van der Waals surface area contributed by atoms with Gasteiger partial charge in [-0.15, -0.1) is 0 Å². The zero-order valence-corrected chi connectivity index (χ0v) is 11.8. The van der Waals surface area contributed by atoms with E-state index in [0.717, 1.165) is 11.3 Å². The molecule has 0 saturated heterocycles. The molecule has 0 radical (unpaired) electrons. The van der Waals surface area contributed by atoms with Crippen LogP contribution in [0.15, 0.2) is 24.4 Å². The van der Waals surface area contributed by atoms with Crippen molar-refractivity contribution in [3.05, 3.63) is 40.7 Å². The summed E-state index contributed by atoms with van der Waals surface area (Å²) in [6, 6.07) is 4.13. The molecule has 1 aromatic heterocycles. The van der Waals surface area contributed by atoms with E-state index in [2.05, 4.69) is 22.1 Å². The van der Waals surface area contributed by atoms with Crippen LogP contribution in [0.3, 0.4) is 0 Å². The van der Waals surface area contributed by atoms with Crippen molar-refractivity contribution in [2.75, 3.05) is 19.0 Å². The maximum atomic E-state index is 13.8. The molecular formula is C14H11FN2O3S. The number of aliphatic hydroxyl groups excluding tert-OH is 1. The first-order chi connectivity index (χ1) is 10.2. The molecule has 0 aliphatic heterocycles. The van der Waals surface area contributed by atoms with Crippen molar-refractivity contribution in [2.24, 2.45) is 0 Å². The average Bonchev–Trinajstić information content (AvgIpc) is 2.92. The van der Waals surface area contributed by atoms with Crippen LogP contribution in [0.5, 0.6) is 5.75 Å². The molecular weight excluding hydrogens is 295 g/mol. The normalized spacial score (nSPS) is 9.67. The summed E-state index contributed by atoms with van der Waals surface area (Å²) in [4.78, 5) is 16.6. The Kier molecular flexibility index (Phi) is 4.87. The second-order valence-corrected chi connectivity index (χ2v) is 4.79. The first kappa shape index (κ1) is 15.0. The molecule has 0 fully saturated rings. The maximum absolute atomic E-state index is 13.8. The van der Waals surface area contributed by atoms with Crippen molar-refractivity contribution < 1.29 is 19.0 Å². The van der Waals surface area contributed by atoms with E-state index in [4.69, 9.17) is 9.84 Å². The van der Waals surface area contributed by atoms with Crippen LogP contribution in [0.2, 0.25) is 0 Å². The van der Waals surface area contributed by atoms with Crippen LogP contribution in [0.1, 0.15) is 15.2 Å². The van der Waals surface area contributed by atoms with E-state index in [0.29, 0.717) is 4.88 Å². The highest BCUT2D eigenvalue weighted by Gasteiger charge is 2.18. The number of thiazole rings is 1. The number of ether oxygens (including phenoxy) is 1. The zero-order valence-electron chi connectivity index (χ0n) is 11.0. The van der Waals surface area contributed by atoms with E-state index in [1.165, 1.54) is 31.5 Å². The van der Waals surface area contributed by atoms with Gasteiger partial charge in [0.2, 0.25) is 0 Å². The third-order valence-corrected chi connectivity index (χ3v) is 3.27. The number of nitrogens with zero attached hydrogens (tertiary/aromatic N) is 1. The highest BCUT2D eigenvalue weighted by Crippen LogP contribution is 2.24. The SMILES string of the molecule is COc1cccc(F)c1C(=O)Nc1ncc(C#CCO)s1. The third kappa shape index (κ3) is 3.56. The molecule has 1 heterocycles. The smallest absolute Gasteiger partial charge is 0.264 e. The van der Waals surface area contributed by atoms with E-state index in [1.807, 2.05) is 0 Å². The fourth-order valence-electron chi connectivity index (χ4n) is 1.57. The van der Waals surface area contributed by atoms with E-state index in [9.17, 15) is 9.18 Å². The van der Waals surface area contributed by atoms with Crippen molar-refractivity contribution in [3.63, 3.8) is 0 Å². The van der Waals surface area contributed by atoms with Gasteiger partial charge < -0.3 is 9.84 Å². The molecule has 0 aliphatic rings. The minimum absolute atomic E-state index is 0.143. The largest absolute Gasteiger partial charge is 0.496 e. The first-order valence-electron chi connectivity index (χ1n) is 5.85.